The summed E-state index contributed by atoms with van der Waals surface area (Å²) in [6.45, 7) is 4.60. The van der Waals surface area contributed by atoms with Gasteiger partial charge in [0.2, 0.25) is 0 Å². The molecule has 0 rings (SSSR count). The first kappa shape index (κ1) is 38.7. The molecule has 0 saturated heterocycles. The largest absolute Gasteiger partial charge is 0.481 e. The maximum atomic E-state index is 12.0. The smallest absolute Gasteiger partial charge is 0.309 e. The third kappa shape index (κ3) is 29.7. The molecule has 1 N–H and O–H groups in total. The fraction of sp³-hybridized carbons (Fsp3) is 0.889. The second kappa shape index (κ2) is 32.2. The van der Waals surface area contributed by atoms with Gasteiger partial charge < -0.3 is 9.84 Å². The van der Waals surface area contributed by atoms with Crippen LogP contribution >= 0.6 is 0 Å². The van der Waals surface area contributed by atoms with Gasteiger partial charge in [0, 0.05) is 0 Å². The number of carboxylic acids is 1. The predicted molar refractivity (Wildman–Crippen MR) is 172 cm³/mol. The van der Waals surface area contributed by atoms with Crippen molar-refractivity contribution in [3.05, 3.63) is 12.2 Å². The van der Waals surface area contributed by atoms with Crippen LogP contribution < -0.4 is 0 Å². The number of hydrogen-bond donors (Lipinski definition) is 1. The maximum absolute atomic E-state index is 12.0. The molecule has 236 valence electrons. The van der Waals surface area contributed by atoms with Gasteiger partial charge in [0.15, 0.2) is 0 Å². The molecule has 4 nitrogen and oxygen atoms in total. The number of allylic oxidation sites excluding steroid dienone is 2. The molecular formula is C36H68O4. The van der Waals surface area contributed by atoms with Crippen molar-refractivity contribution in [2.24, 2.45) is 5.92 Å². The lowest BCUT2D eigenvalue weighted by Crippen LogP contribution is -2.21. The van der Waals surface area contributed by atoms with E-state index in [0.717, 1.165) is 19.3 Å². The molecule has 40 heavy (non-hydrogen) atoms. The molecule has 0 aromatic carbocycles. The van der Waals surface area contributed by atoms with Gasteiger partial charge in [-0.2, -0.15) is 0 Å². The summed E-state index contributed by atoms with van der Waals surface area (Å²) in [5.74, 6) is -1.74. The Hall–Kier alpha value is -1.32. The van der Waals surface area contributed by atoms with Gasteiger partial charge in [-0.1, -0.05) is 161 Å². The van der Waals surface area contributed by atoms with Crippen LogP contribution in [0.15, 0.2) is 12.2 Å². The van der Waals surface area contributed by atoms with Crippen LogP contribution in [0.2, 0.25) is 0 Å². The van der Waals surface area contributed by atoms with E-state index < -0.39 is 11.9 Å². The minimum atomic E-state index is -0.915. The third-order valence-electron chi connectivity index (χ3n) is 8.02. The first-order chi connectivity index (χ1) is 19.6. The Labute approximate surface area is 249 Å². The molecule has 0 aliphatic rings. The second-order valence-electron chi connectivity index (χ2n) is 12.1. The monoisotopic (exact) mass is 565 g/mol. The van der Waals surface area contributed by atoms with Crippen molar-refractivity contribution in [3.63, 3.8) is 0 Å². The number of ether oxygens (including phenoxy) is 1. The Morgan fingerprint density at radius 2 is 0.925 bits per heavy atom. The zero-order valence-electron chi connectivity index (χ0n) is 26.9. The normalized spacial score (nSPS) is 12.2. The lowest BCUT2D eigenvalue weighted by Gasteiger charge is -2.13. The summed E-state index contributed by atoms with van der Waals surface area (Å²) in [6, 6.07) is 0. The van der Waals surface area contributed by atoms with E-state index in [2.05, 4.69) is 19.1 Å². The molecule has 0 aliphatic carbocycles. The molecule has 0 aromatic heterocycles. The third-order valence-corrected chi connectivity index (χ3v) is 8.02. The molecule has 0 spiro atoms. The second-order valence-corrected chi connectivity index (χ2v) is 12.1. The van der Waals surface area contributed by atoms with Crippen molar-refractivity contribution < 1.29 is 19.4 Å². The molecule has 0 fully saturated rings. The zero-order valence-corrected chi connectivity index (χ0v) is 26.9. The number of carbonyl (C=O) groups excluding carboxylic acids is 1. The molecule has 1 unspecified atom stereocenters. The highest BCUT2D eigenvalue weighted by Gasteiger charge is 2.22. The average molecular weight is 565 g/mol. The minimum absolute atomic E-state index is 0.111. The molecule has 4 heteroatoms. The van der Waals surface area contributed by atoms with Crippen LogP contribution in [0, 0.1) is 5.92 Å². The number of esters is 1. The fourth-order valence-corrected chi connectivity index (χ4v) is 5.42. The molecule has 0 heterocycles. The van der Waals surface area contributed by atoms with Crippen molar-refractivity contribution >= 4 is 11.9 Å². The number of carbonyl (C=O) groups is 2. The fourth-order valence-electron chi connectivity index (χ4n) is 5.42. The highest BCUT2D eigenvalue weighted by atomic mass is 16.5. The van der Waals surface area contributed by atoms with E-state index >= 15 is 0 Å². The summed E-state index contributed by atoms with van der Waals surface area (Å²) in [7, 11) is 0. The Morgan fingerprint density at radius 1 is 0.550 bits per heavy atom. The van der Waals surface area contributed by atoms with Gasteiger partial charge in [-0.3, -0.25) is 9.59 Å². The highest BCUT2D eigenvalue weighted by Crippen LogP contribution is 2.19. The minimum Gasteiger partial charge on any atom is -0.481 e. The van der Waals surface area contributed by atoms with Crippen LogP contribution in [0.4, 0.5) is 0 Å². The van der Waals surface area contributed by atoms with E-state index in [1.807, 2.05) is 6.92 Å². The number of hydrogen-bond acceptors (Lipinski definition) is 3. The summed E-state index contributed by atoms with van der Waals surface area (Å²) >= 11 is 0. The Morgan fingerprint density at radius 3 is 1.30 bits per heavy atom. The van der Waals surface area contributed by atoms with Crippen molar-refractivity contribution in [1.29, 1.82) is 0 Å². The molecule has 0 bridgehead atoms. The van der Waals surface area contributed by atoms with Crippen LogP contribution in [-0.2, 0) is 14.3 Å². The van der Waals surface area contributed by atoms with Crippen molar-refractivity contribution in [2.75, 3.05) is 6.61 Å². The Balaban J connectivity index is 3.31. The van der Waals surface area contributed by atoms with Crippen molar-refractivity contribution in [2.45, 2.75) is 194 Å². The molecule has 0 aromatic rings. The molecule has 0 saturated carbocycles. The summed E-state index contributed by atoms with van der Waals surface area (Å²) in [5, 5.41) is 9.05. The number of carboxylic acid groups (broad SMARTS) is 1. The van der Waals surface area contributed by atoms with E-state index in [-0.39, 0.29) is 12.4 Å². The first-order valence-corrected chi connectivity index (χ1v) is 17.6. The number of aliphatic carboxylic acids is 1. The molecule has 0 radical (unpaired) electrons. The lowest BCUT2D eigenvalue weighted by molar-refractivity contribution is -0.153. The predicted octanol–water partition coefficient (Wildman–Crippen LogP) is 11.7. The van der Waals surface area contributed by atoms with Gasteiger partial charge in [-0.15, -0.1) is 0 Å². The lowest BCUT2D eigenvalue weighted by atomic mass is 9.97. The van der Waals surface area contributed by atoms with E-state index in [9.17, 15) is 9.59 Å². The van der Waals surface area contributed by atoms with Gasteiger partial charge in [-0.25, -0.2) is 0 Å². The highest BCUT2D eigenvalue weighted by molar-refractivity contribution is 5.79. The topological polar surface area (TPSA) is 63.6 Å². The molecular weight excluding hydrogens is 496 g/mol. The zero-order chi connectivity index (χ0) is 29.4. The van der Waals surface area contributed by atoms with Crippen molar-refractivity contribution in [1.82, 2.24) is 0 Å². The van der Waals surface area contributed by atoms with Crippen LogP contribution in [0.25, 0.3) is 0 Å². The molecule has 0 aliphatic heterocycles. The molecule has 0 amide bonds. The number of rotatable bonds is 32. The summed E-state index contributed by atoms with van der Waals surface area (Å²) in [4.78, 5) is 23.1. The van der Waals surface area contributed by atoms with E-state index in [1.54, 1.807) is 0 Å². The van der Waals surface area contributed by atoms with E-state index in [1.165, 1.54) is 148 Å². The first-order valence-electron chi connectivity index (χ1n) is 17.6. The van der Waals surface area contributed by atoms with E-state index in [0.29, 0.717) is 13.0 Å². The van der Waals surface area contributed by atoms with Crippen LogP contribution in [0.3, 0.4) is 0 Å². The SMILES string of the molecule is CCCCC/C=C/CCCCCCCCCCCCCCCCCCCCCCC(CC(=O)O)C(=O)OCCC. The van der Waals surface area contributed by atoms with Gasteiger partial charge in [0.1, 0.15) is 0 Å². The number of unbranched alkanes of at least 4 members (excludes halogenated alkanes) is 23. The molecule has 1 atom stereocenters. The Kier molecular flexibility index (Phi) is 31.1. The van der Waals surface area contributed by atoms with Crippen LogP contribution in [0.5, 0.6) is 0 Å². The van der Waals surface area contributed by atoms with Crippen LogP contribution in [0.1, 0.15) is 194 Å². The van der Waals surface area contributed by atoms with Gasteiger partial charge >= 0.3 is 11.9 Å². The van der Waals surface area contributed by atoms with Gasteiger partial charge in [0.05, 0.1) is 18.9 Å². The maximum Gasteiger partial charge on any atom is 0.309 e. The van der Waals surface area contributed by atoms with Gasteiger partial charge in [-0.05, 0) is 38.5 Å². The quantitative estimate of drug-likeness (QED) is 0.0501. The summed E-state index contributed by atoms with van der Waals surface area (Å²) < 4.78 is 5.16. The van der Waals surface area contributed by atoms with Gasteiger partial charge in [0.25, 0.3) is 0 Å². The Bertz CT molecular complexity index is 571. The van der Waals surface area contributed by atoms with E-state index in [4.69, 9.17) is 9.84 Å². The summed E-state index contributed by atoms with van der Waals surface area (Å²) in [6.07, 6.45) is 39.5. The van der Waals surface area contributed by atoms with Crippen molar-refractivity contribution in [3.8, 4) is 0 Å². The average Bonchev–Trinajstić information content (AvgIpc) is 2.94. The standard InChI is InChI=1S/C36H68O4/c1-3-5-6-7-8-9-10-11-12-13-14-15-16-17-18-19-20-21-22-23-24-25-26-27-28-29-30-31-34(33-35(37)38)36(39)40-32-4-2/h8-9,34H,3-7,10-33H2,1-2H3,(H,37,38)/b9-8+. The van der Waals surface area contributed by atoms with Crippen LogP contribution in [-0.4, -0.2) is 23.7 Å². The summed E-state index contributed by atoms with van der Waals surface area (Å²) in [5.41, 5.74) is 0.